The highest BCUT2D eigenvalue weighted by Gasteiger charge is 2.29. The number of carboxylic acids is 1. The van der Waals surface area contributed by atoms with Gasteiger partial charge in [0.2, 0.25) is 23.6 Å². The summed E-state index contributed by atoms with van der Waals surface area (Å²) in [6, 6.07) is 4.35. The topological polar surface area (TPSA) is 194 Å². The van der Waals surface area contributed by atoms with Gasteiger partial charge in [-0.3, -0.25) is 19.2 Å². The Hall–Kier alpha value is -3.12. The SMILES string of the molecule is CC(NC(=O)C(N)CS)C(=O)NC(Cc1ccccc1)C(=O)NC(CCC(N)=O)C(=O)O. The lowest BCUT2D eigenvalue weighted by Gasteiger charge is -2.23. The summed E-state index contributed by atoms with van der Waals surface area (Å²) in [7, 11) is 0. The molecule has 176 valence electrons. The minimum absolute atomic E-state index is 0.0669. The van der Waals surface area contributed by atoms with Gasteiger partial charge in [-0.05, 0) is 18.9 Å². The summed E-state index contributed by atoms with van der Waals surface area (Å²) in [6.45, 7) is 1.42. The monoisotopic (exact) mass is 467 g/mol. The maximum Gasteiger partial charge on any atom is 0.326 e. The van der Waals surface area contributed by atoms with Gasteiger partial charge in [-0.15, -0.1) is 0 Å². The van der Waals surface area contributed by atoms with Gasteiger partial charge in [0, 0.05) is 18.6 Å². The summed E-state index contributed by atoms with van der Waals surface area (Å²) >= 11 is 3.93. The summed E-state index contributed by atoms with van der Waals surface area (Å²) in [4.78, 5) is 59.7. The molecule has 0 aliphatic carbocycles. The molecule has 0 spiro atoms. The van der Waals surface area contributed by atoms with E-state index in [0.29, 0.717) is 5.56 Å². The number of benzene rings is 1. The lowest BCUT2D eigenvalue weighted by molar-refractivity contribution is -0.142. The number of hydrogen-bond donors (Lipinski definition) is 7. The maximum absolute atomic E-state index is 12.8. The molecule has 12 heteroatoms. The molecule has 0 radical (unpaired) electrons. The second-order valence-electron chi connectivity index (χ2n) is 7.17. The fourth-order valence-electron chi connectivity index (χ4n) is 2.64. The number of nitrogens with two attached hydrogens (primary N) is 2. The van der Waals surface area contributed by atoms with Crippen molar-refractivity contribution in [2.24, 2.45) is 11.5 Å². The van der Waals surface area contributed by atoms with Crippen molar-refractivity contribution in [3.05, 3.63) is 35.9 Å². The number of hydrogen-bond acceptors (Lipinski definition) is 7. The third kappa shape index (κ3) is 9.35. The second kappa shape index (κ2) is 13.3. The first kappa shape index (κ1) is 26.9. The number of aliphatic carboxylic acids is 1. The van der Waals surface area contributed by atoms with Gasteiger partial charge in [0.1, 0.15) is 18.1 Å². The molecule has 0 aliphatic rings. The maximum atomic E-state index is 12.8. The van der Waals surface area contributed by atoms with Crippen LogP contribution >= 0.6 is 12.6 Å². The van der Waals surface area contributed by atoms with E-state index in [1.165, 1.54) is 6.92 Å². The summed E-state index contributed by atoms with van der Waals surface area (Å²) < 4.78 is 0. The molecule has 0 saturated heterocycles. The van der Waals surface area contributed by atoms with E-state index < -0.39 is 53.8 Å². The van der Waals surface area contributed by atoms with Crippen LogP contribution in [0.2, 0.25) is 0 Å². The number of nitrogens with one attached hydrogen (secondary N) is 3. The van der Waals surface area contributed by atoms with Crippen molar-refractivity contribution in [2.45, 2.75) is 50.4 Å². The van der Waals surface area contributed by atoms with Crippen LogP contribution in [0.15, 0.2) is 30.3 Å². The standard InChI is InChI=1S/C20H29N5O6S/c1-11(23-18(28)13(21)10-32)17(27)25-15(9-12-5-3-2-4-6-12)19(29)24-14(20(30)31)7-8-16(22)26/h2-6,11,13-15,32H,7-10,21H2,1H3,(H2,22,26)(H,23,28)(H,24,29)(H,25,27)(H,30,31). The molecule has 0 fully saturated rings. The van der Waals surface area contributed by atoms with Gasteiger partial charge in [0.05, 0.1) is 6.04 Å². The normalized spacial score (nSPS) is 14.3. The fraction of sp³-hybridized carbons (Fsp3) is 0.450. The Bertz CT molecular complexity index is 822. The summed E-state index contributed by atoms with van der Waals surface area (Å²) in [5, 5.41) is 16.6. The number of primary amides is 1. The van der Waals surface area contributed by atoms with Gasteiger partial charge >= 0.3 is 5.97 Å². The Morgan fingerprint density at radius 3 is 2.09 bits per heavy atom. The zero-order valence-corrected chi connectivity index (χ0v) is 18.5. The minimum Gasteiger partial charge on any atom is -0.480 e. The molecule has 0 bridgehead atoms. The van der Waals surface area contributed by atoms with Crippen molar-refractivity contribution in [1.82, 2.24) is 16.0 Å². The van der Waals surface area contributed by atoms with Crippen molar-refractivity contribution in [3.63, 3.8) is 0 Å². The van der Waals surface area contributed by atoms with Gasteiger partial charge in [-0.2, -0.15) is 12.6 Å². The molecule has 1 rings (SSSR count). The average Bonchev–Trinajstić information content (AvgIpc) is 2.75. The van der Waals surface area contributed by atoms with E-state index in [9.17, 15) is 29.1 Å². The van der Waals surface area contributed by atoms with Gasteiger partial charge < -0.3 is 32.5 Å². The van der Waals surface area contributed by atoms with Gasteiger partial charge in [-0.25, -0.2) is 4.79 Å². The van der Waals surface area contributed by atoms with Crippen molar-refractivity contribution in [2.75, 3.05) is 5.75 Å². The summed E-state index contributed by atoms with van der Waals surface area (Å²) in [5.74, 6) is -3.96. The number of amides is 4. The van der Waals surface area contributed by atoms with Crippen LogP contribution in [-0.4, -0.2) is 64.6 Å². The van der Waals surface area contributed by atoms with Gasteiger partial charge in [0.15, 0.2) is 0 Å². The van der Waals surface area contributed by atoms with Crippen LogP contribution in [0.25, 0.3) is 0 Å². The number of rotatable bonds is 13. The summed E-state index contributed by atoms with van der Waals surface area (Å²) in [6.07, 6.45) is -0.366. The first-order valence-electron chi connectivity index (χ1n) is 9.87. The Morgan fingerprint density at radius 1 is 0.969 bits per heavy atom. The Morgan fingerprint density at radius 2 is 1.56 bits per heavy atom. The third-order valence-electron chi connectivity index (χ3n) is 4.50. The summed E-state index contributed by atoms with van der Waals surface area (Å²) in [5.41, 5.74) is 11.3. The van der Waals surface area contributed by atoms with Crippen LogP contribution in [0, 0.1) is 0 Å². The largest absolute Gasteiger partial charge is 0.480 e. The first-order valence-corrected chi connectivity index (χ1v) is 10.5. The first-order chi connectivity index (χ1) is 15.0. The van der Waals surface area contributed by atoms with E-state index in [1.807, 2.05) is 0 Å². The second-order valence-corrected chi connectivity index (χ2v) is 7.54. The lowest BCUT2D eigenvalue weighted by atomic mass is 10.0. The molecule has 0 heterocycles. The Labute approximate surface area is 191 Å². The number of carbonyl (C=O) groups is 5. The predicted molar refractivity (Wildman–Crippen MR) is 120 cm³/mol. The zero-order chi connectivity index (χ0) is 24.3. The van der Waals surface area contributed by atoms with E-state index in [4.69, 9.17) is 11.5 Å². The lowest BCUT2D eigenvalue weighted by Crippen LogP contribution is -2.57. The molecule has 1 aromatic rings. The quantitative estimate of drug-likeness (QED) is 0.168. The zero-order valence-electron chi connectivity index (χ0n) is 17.6. The van der Waals surface area contributed by atoms with Crippen LogP contribution in [0.3, 0.4) is 0 Å². The molecule has 0 aromatic heterocycles. The van der Waals surface area contributed by atoms with Gasteiger partial charge in [0.25, 0.3) is 0 Å². The van der Waals surface area contributed by atoms with Crippen LogP contribution < -0.4 is 27.4 Å². The molecular formula is C20H29N5O6S. The smallest absolute Gasteiger partial charge is 0.326 e. The van der Waals surface area contributed by atoms with Crippen molar-refractivity contribution in [1.29, 1.82) is 0 Å². The van der Waals surface area contributed by atoms with Gasteiger partial charge in [-0.1, -0.05) is 30.3 Å². The van der Waals surface area contributed by atoms with Crippen LogP contribution in [0.1, 0.15) is 25.3 Å². The number of thiol groups is 1. The third-order valence-corrected chi connectivity index (χ3v) is 4.89. The Balaban J connectivity index is 2.95. The molecule has 1 aromatic carbocycles. The predicted octanol–water partition coefficient (Wildman–Crippen LogP) is -1.69. The molecule has 11 nitrogen and oxygen atoms in total. The minimum atomic E-state index is -1.37. The van der Waals surface area contributed by atoms with E-state index >= 15 is 0 Å². The molecule has 4 atom stereocenters. The van der Waals surface area contributed by atoms with E-state index in [2.05, 4.69) is 28.6 Å². The van der Waals surface area contributed by atoms with E-state index in [-0.39, 0.29) is 25.0 Å². The molecule has 8 N–H and O–H groups in total. The highest BCUT2D eigenvalue weighted by molar-refractivity contribution is 7.80. The van der Waals surface area contributed by atoms with Crippen LogP contribution in [0.5, 0.6) is 0 Å². The van der Waals surface area contributed by atoms with Crippen LogP contribution in [0.4, 0.5) is 0 Å². The Kier molecular flexibility index (Phi) is 11.2. The highest BCUT2D eigenvalue weighted by Crippen LogP contribution is 2.06. The molecular weight excluding hydrogens is 438 g/mol. The van der Waals surface area contributed by atoms with Crippen molar-refractivity contribution >= 4 is 42.2 Å². The van der Waals surface area contributed by atoms with E-state index in [0.717, 1.165) is 0 Å². The average molecular weight is 468 g/mol. The molecule has 0 aliphatic heterocycles. The molecule has 0 saturated carbocycles. The van der Waals surface area contributed by atoms with Crippen molar-refractivity contribution < 1.29 is 29.1 Å². The molecule has 32 heavy (non-hydrogen) atoms. The fourth-order valence-corrected chi connectivity index (χ4v) is 2.81. The highest BCUT2D eigenvalue weighted by atomic mass is 32.1. The van der Waals surface area contributed by atoms with Crippen molar-refractivity contribution in [3.8, 4) is 0 Å². The molecule has 4 unspecified atom stereocenters. The number of carbonyl (C=O) groups excluding carboxylic acids is 4. The molecule has 4 amide bonds. The van der Waals surface area contributed by atoms with E-state index in [1.54, 1.807) is 30.3 Å². The van der Waals surface area contributed by atoms with Crippen LogP contribution in [-0.2, 0) is 30.4 Å². The number of carboxylic acid groups (broad SMARTS) is 1.